The van der Waals surface area contributed by atoms with E-state index in [0.29, 0.717) is 116 Å². The summed E-state index contributed by atoms with van der Waals surface area (Å²) in [5.74, 6) is 2.00. The average molecular weight is 894 g/mol. The predicted octanol–water partition coefficient (Wildman–Crippen LogP) is 4.70. The molecule has 322 valence electrons. The minimum atomic E-state index is -1.20. The highest BCUT2D eigenvalue weighted by atomic mass is 35.5. The Bertz CT molecular complexity index is 2400. The lowest BCUT2D eigenvalue weighted by Crippen LogP contribution is -2.48. The number of piperidine rings is 3. The van der Waals surface area contributed by atoms with E-state index in [1.54, 1.807) is 36.0 Å². The quantitative estimate of drug-likeness (QED) is 0.185. The third kappa shape index (κ3) is 9.02. The second-order valence-electron chi connectivity index (χ2n) is 16.1. The molecule has 0 bridgehead atoms. The van der Waals surface area contributed by atoms with Gasteiger partial charge in [0.2, 0.25) is 23.0 Å². The number of ketones is 1. The van der Waals surface area contributed by atoms with Gasteiger partial charge in [-0.05, 0) is 79.2 Å². The number of carbonyl (C=O) groups is 3. The lowest BCUT2D eigenvalue weighted by molar-refractivity contribution is -0.132. The molecule has 61 heavy (non-hydrogen) atoms. The van der Waals surface area contributed by atoms with Gasteiger partial charge in [-0.1, -0.05) is 12.1 Å². The number of nitrogens with zero attached hydrogens (tertiary/aromatic N) is 7. The van der Waals surface area contributed by atoms with E-state index in [-0.39, 0.29) is 40.8 Å². The van der Waals surface area contributed by atoms with Crippen LogP contribution >= 0.6 is 11.6 Å². The van der Waals surface area contributed by atoms with Crippen LogP contribution in [0, 0.1) is 11.6 Å². The van der Waals surface area contributed by atoms with Crippen molar-refractivity contribution < 1.29 is 31.6 Å². The van der Waals surface area contributed by atoms with Crippen LogP contribution in [-0.4, -0.2) is 120 Å². The summed E-state index contributed by atoms with van der Waals surface area (Å²) < 4.78 is 52.3. The monoisotopic (exact) mass is 893 g/mol. The largest absolute Gasteiger partial charge is 0.364 e. The van der Waals surface area contributed by atoms with Crippen LogP contribution in [0.3, 0.4) is 0 Å². The number of aromatic nitrogens is 4. The zero-order valence-corrected chi connectivity index (χ0v) is 36.2. The minimum absolute atomic E-state index is 0.0111. The van der Waals surface area contributed by atoms with Crippen LogP contribution in [0.25, 0.3) is 0 Å². The summed E-state index contributed by atoms with van der Waals surface area (Å²) in [5, 5.41) is 6.90. The third-order valence-corrected chi connectivity index (χ3v) is 15.2. The second kappa shape index (κ2) is 17.8. The Morgan fingerprint density at radius 2 is 1.21 bits per heavy atom. The van der Waals surface area contributed by atoms with E-state index in [1.165, 1.54) is 36.4 Å². The number of halogens is 3. The Morgan fingerprint density at radius 1 is 0.721 bits per heavy atom. The van der Waals surface area contributed by atoms with Crippen molar-refractivity contribution in [2.45, 2.75) is 78.7 Å². The molecule has 0 spiro atoms. The predicted molar refractivity (Wildman–Crippen MR) is 228 cm³/mol. The van der Waals surface area contributed by atoms with Gasteiger partial charge >= 0.3 is 0 Å². The number of anilines is 3. The molecule has 2 aromatic heterocycles. The Morgan fingerprint density at radius 3 is 1.74 bits per heavy atom. The summed E-state index contributed by atoms with van der Waals surface area (Å²) in [5.41, 5.74) is 1.74. The van der Waals surface area contributed by atoms with E-state index in [9.17, 15) is 31.6 Å². The van der Waals surface area contributed by atoms with Gasteiger partial charge in [-0.25, -0.2) is 18.7 Å². The highest BCUT2D eigenvalue weighted by Gasteiger charge is 2.44. The lowest BCUT2D eigenvalue weighted by Gasteiger charge is -2.41. The van der Waals surface area contributed by atoms with E-state index < -0.39 is 32.8 Å². The Hall–Kier alpha value is -4.94. The highest BCUT2D eigenvalue weighted by Crippen LogP contribution is 2.41. The van der Waals surface area contributed by atoms with E-state index in [4.69, 9.17) is 21.6 Å². The maximum Gasteiger partial charge on any atom is 0.227 e. The molecule has 2 N–H and O–H groups in total. The molecule has 14 nitrogen and oxygen atoms in total. The molecule has 0 aliphatic carbocycles. The smallest absolute Gasteiger partial charge is 0.227 e. The number of fused-ring (bicyclic) bond motifs is 2. The van der Waals surface area contributed by atoms with Gasteiger partial charge in [-0.2, -0.15) is 9.97 Å². The van der Waals surface area contributed by atoms with E-state index in [0.717, 1.165) is 23.4 Å². The number of likely N-dealkylation sites (N-methyl/N-ethyl adjacent to an activating group) is 2. The molecular weight excluding hydrogens is 848 g/mol. The topological polar surface area (TPSA) is 171 Å². The molecule has 5 aliphatic rings. The van der Waals surface area contributed by atoms with Crippen LogP contribution in [0.1, 0.15) is 65.8 Å². The van der Waals surface area contributed by atoms with Gasteiger partial charge in [0.25, 0.3) is 0 Å². The van der Waals surface area contributed by atoms with Gasteiger partial charge in [-0.3, -0.25) is 22.8 Å². The lowest BCUT2D eigenvalue weighted by atomic mass is 9.68. The van der Waals surface area contributed by atoms with Crippen molar-refractivity contribution in [3.8, 4) is 0 Å². The molecule has 0 radical (unpaired) electrons. The third-order valence-electron chi connectivity index (χ3n) is 12.1. The second-order valence-corrected chi connectivity index (χ2v) is 19.4. The maximum absolute atomic E-state index is 13.9. The fourth-order valence-corrected chi connectivity index (χ4v) is 11.5. The van der Waals surface area contributed by atoms with Crippen LogP contribution in [0.5, 0.6) is 0 Å². The fourth-order valence-electron chi connectivity index (χ4n) is 8.72. The Balaban J connectivity index is 0.000000214. The van der Waals surface area contributed by atoms with Gasteiger partial charge in [0.05, 0.1) is 38.4 Å². The molecule has 19 heteroatoms. The molecule has 2 unspecified atom stereocenters. The zero-order chi connectivity index (χ0) is 43.0. The summed E-state index contributed by atoms with van der Waals surface area (Å²) in [4.78, 5) is 62.1. The number of likely N-dealkylation sites (tertiary alicyclic amines) is 2. The molecule has 2 amide bonds. The molecule has 4 atom stereocenters. The summed E-state index contributed by atoms with van der Waals surface area (Å²) in [6.45, 7) is 2.08. The van der Waals surface area contributed by atoms with Crippen molar-refractivity contribution in [3.05, 3.63) is 88.0 Å². The van der Waals surface area contributed by atoms with Crippen molar-refractivity contribution in [2.24, 2.45) is 0 Å². The molecule has 3 saturated heterocycles. The Kier molecular flexibility index (Phi) is 12.5. The van der Waals surface area contributed by atoms with Crippen LogP contribution in [0.4, 0.5) is 26.4 Å². The van der Waals surface area contributed by atoms with Crippen molar-refractivity contribution in [1.82, 2.24) is 29.7 Å². The molecule has 0 saturated carbocycles. The van der Waals surface area contributed by atoms with Crippen LogP contribution in [0.2, 0.25) is 5.28 Å². The Labute approximate surface area is 362 Å². The molecule has 7 heterocycles. The first-order valence-electron chi connectivity index (χ1n) is 20.3. The minimum Gasteiger partial charge on any atom is -0.364 e. The van der Waals surface area contributed by atoms with Crippen molar-refractivity contribution in [3.63, 3.8) is 0 Å². The van der Waals surface area contributed by atoms with Gasteiger partial charge in [0, 0.05) is 95.1 Å². The van der Waals surface area contributed by atoms with Crippen LogP contribution < -0.4 is 15.5 Å². The van der Waals surface area contributed by atoms with Gasteiger partial charge in [0.15, 0.2) is 5.78 Å². The molecule has 2 aromatic carbocycles. The van der Waals surface area contributed by atoms with Crippen molar-refractivity contribution >= 4 is 68.4 Å². The van der Waals surface area contributed by atoms with E-state index in [2.05, 4.69) is 20.6 Å². The normalized spacial score (nSPS) is 23.2. The van der Waals surface area contributed by atoms with Crippen molar-refractivity contribution in [1.29, 1.82) is 0 Å². The van der Waals surface area contributed by atoms with Crippen LogP contribution in [-0.2, 0) is 49.4 Å². The molecule has 4 aromatic rings. The number of benzene rings is 2. The number of hydrogen-bond donors (Lipinski definition) is 2. The number of carbonyl (C=O) groups excluding carboxylic acids is 3. The van der Waals surface area contributed by atoms with Gasteiger partial charge < -0.3 is 25.3 Å². The first-order chi connectivity index (χ1) is 29.3. The average Bonchev–Trinajstić information content (AvgIpc) is 3.82. The maximum atomic E-state index is 13.9. The summed E-state index contributed by atoms with van der Waals surface area (Å²) in [6, 6.07) is 11.7. The number of hydrogen-bond acceptors (Lipinski definition) is 12. The van der Waals surface area contributed by atoms with E-state index in [1.807, 2.05) is 4.90 Å². The SMILES string of the molecule is CN1C[C@@H](Nc2nc(Cl)nc3c2S(=O)CC3)CCC1=O.CN1C[C@@H](Nc2nc(N3CCC(C(=O)c4ccc(F)cc4)(c4ccc(F)cc4)CC3)nc3c2S(=O)CC3)CCC1=O. The molecule has 5 aliphatic heterocycles. The fraction of sp³-hybridized carbons (Fsp3) is 0.452. The first kappa shape index (κ1) is 42.7. The number of nitrogens with one attached hydrogen (secondary N) is 2. The highest BCUT2D eigenvalue weighted by molar-refractivity contribution is 7.85. The number of amides is 2. The van der Waals surface area contributed by atoms with Gasteiger partial charge in [0.1, 0.15) is 33.1 Å². The van der Waals surface area contributed by atoms with Gasteiger partial charge in [-0.15, -0.1) is 0 Å². The number of rotatable bonds is 8. The molecule has 3 fully saturated rings. The number of aryl methyl sites for hydroxylation is 2. The first-order valence-corrected chi connectivity index (χ1v) is 23.4. The molecular formula is C42H46ClF2N9O5S2. The number of Topliss-reactive ketones (excluding diaryl/α,β-unsaturated/α-hetero) is 1. The van der Waals surface area contributed by atoms with E-state index >= 15 is 0 Å². The summed E-state index contributed by atoms with van der Waals surface area (Å²) >= 11 is 5.92. The standard InChI is InChI=1S/C30H31F2N5O3S.C12H15ClN4O2S/c1-36-18-23(10-11-25(36)38)33-28-26-24(12-17-41(26)40)34-29(35-28)37-15-13-30(14-16-37,20-4-8-22(32)9-5-20)27(39)19-2-6-21(31)7-3-19;1-17-6-7(2-3-9(17)18)14-11-10-8(4-5-20(10)19)15-12(13)16-11/h2-9,23H,10-18H2,1H3,(H,33,34,35);7H,2-6H2,1H3,(H,14,15,16)/t23-,41?;7-,20?/m00/s1. The van der Waals surface area contributed by atoms with Crippen molar-refractivity contribution in [2.75, 3.05) is 67.3 Å². The molecule has 9 rings (SSSR count). The zero-order valence-electron chi connectivity index (χ0n) is 33.8. The summed E-state index contributed by atoms with van der Waals surface area (Å²) in [6.07, 6.45) is 4.48. The summed E-state index contributed by atoms with van der Waals surface area (Å²) in [7, 11) is 1.30. The van der Waals surface area contributed by atoms with Crippen LogP contribution in [0.15, 0.2) is 58.3 Å².